The van der Waals surface area contributed by atoms with Crippen LogP contribution in [0.5, 0.6) is 5.75 Å². The monoisotopic (exact) mass is 710 g/mol. The van der Waals surface area contributed by atoms with Crippen LogP contribution >= 0.6 is 0 Å². The number of esters is 1. The Morgan fingerprint density at radius 2 is 1.67 bits per heavy atom. The Morgan fingerprint density at radius 3 is 2.35 bits per heavy atom. The van der Waals surface area contributed by atoms with E-state index in [0.29, 0.717) is 28.0 Å². The summed E-state index contributed by atoms with van der Waals surface area (Å²) in [6, 6.07) is 18.5. The largest absolute Gasteiger partial charge is 0.489 e. The van der Waals surface area contributed by atoms with Gasteiger partial charge in [0.15, 0.2) is 0 Å². The predicted octanol–water partition coefficient (Wildman–Crippen LogP) is 3.91. The van der Waals surface area contributed by atoms with Crippen LogP contribution < -0.4 is 26.4 Å². The van der Waals surface area contributed by atoms with Crippen LogP contribution in [0, 0.1) is 11.3 Å². The molecule has 0 aliphatic heterocycles. The normalized spacial score (nSPS) is 12.1. The molecular formula is C38H42N6O8. The molecule has 0 radical (unpaired) electrons. The maximum absolute atomic E-state index is 13.9. The number of nitrogens with zero attached hydrogens (tertiary/aromatic N) is 1. The number of carbonyl (C=O) groups is 5. The van der Waals surface area contributed by atoms with Gasteiger partial charge in [-0.15, -0.1) is 0 Å². The van der Waals surface area contributed by atoms with Gasteiger partial charge in [-0.2, -0.15) is 5.26 Å². The average molecular weight is 711 g/mol. The van der Waals surface area contributed by atoms with Crippen LogP contribution in [0.15, 0.2) is 72.9 Å². The number of primary amides is 1. The topological polar surface area (TPSA) is 215 Å². The van der Waals surface area contributed by atoms with E-state index in [1.54, 1.807) is 81.6 Å². The van der Waals surface area contributed by atoms with Crippen molar-refractivity contribution in [1.29, 1.82) is 5.26 Å². The number of methoxy groups -OCH3 is 1. The number of carbonyl (C=O) groups excluding carboxylic acids is 5. The fraction of sp³-hybridized carbons (Fsp3) is 0.316. The summed E-state index contributed by atoms with van der Waals surface area (Å²) in [5, 5.41) is 17.8. The van der Waals surface area contributed by atoms with E-state index >= 15 is 0 Å². The smallest absolute Gasteiger partial charge is 0.408 e. The van der Waals surface area contributed by atoms with E-state index in [2.05, 4.69) is 20.9 Å². The molecule has 0 bridgehead atoms. The number of aromatic nitrogens is 1. The fourth-order valence-corrected chi connectivity index (χ4v) is 5.21. The Morgan fingerprint density at radius 1 is 0.923 bits per heavy atom. The lowest BCUT2D eigenvalue weighted by molar-refractivity contribution is -0.130. The Bertz CT molecular complexity index is 1960. The first kappa shape index (κ1) is 38.4. The summed E-state index contributed by atoms with van der Waals surface area (Å²) in [4.78, 5) is 66.9. The molecular weight excluding hydrogens is 668 g/mol. The van der Waals surface area contributed by atoms with Crippen LogP contribution in [-0.2, 0) is 43.4 Å². The van der Waals surface area contributed by atoms with E-state index in [-0.39, 0.29) is 32.4 Å². The molecule has 52 heavy (non-hydrogen) atoms. The highest BCUT2D eigenvalue weighted by molar-refractivity contribution is 5.93. The summed E-state index contributed by atoms with van der Waals surface area (Å²) in [6.07, 6.45) is 0.586. The number of hydrogen-bond acceptors (Lipinski definition) is 9. The Hall–Kier alpha value is -6.36. The zero-order valence-electron chi connectivity index (χ0n) is 29.4. The molecule has 6 N–H and O–H groups in total. The highest BCUT2D eigenvalue weighted by Gasteiger charge is 2.29. The molecule has 14 nitrogen and oxygen atoms in total. The predicted molar refractivity (Wildman–Crippen MR) is 191 cm³/mol. The highest BCUT2D eigenvalue weighted by Crippen LogP contribution is 2.26. The molecule has 0 saturated carbocycles. The van der Waals surface area contributed by atoms with Gasteiger partial charge in [0.25, 0.3) is 0 Å². The van der Waals surface area contributed by atoms with Crippen molar-refractivity contribution < 1.29 is 38.2 Å². The Kier molecular flexibility index (Phi) is 13.0. The molecule has 4 rings (SSSR count). The van der Waals surface area contributed by atoms with Crippen LogP contribution in [-0.4, -0.2) is 59.6 Å². The maximum Gasteiger partial charge on any atom is 0.408 e. The number of H-pyrrole nitrogens is 1. The lowest BCUT2D eigenvalue weighted by atomic mass is 10.0. The molecule has 0 unspecified atom stereocenters. The number of aromatic amines is 1. The van der Waals surface area contributed by atoms with Gasteiger partial charge in [-0.3, -0.25) is 14.4 Å². The number of alkyl carbamates (subject to hydrolysis) is 1. The number of rotatable bonds is 15. The van der Waals surface area contributed by atoms with Crippen LogP contribution in [0.2, 0.25) is 0 Å². The SMILES string of the molecule is COC(=O)c1cccc(COc2ccc3[nH]cc(C[C@@H](NC(=O)OC(C)(C)C)C(=O)N[C@@H](CCC(N)=O)C(=O)NCc4ccc(C#N)cc4)c3c2)c1. The molecule has 0 saturated heterocycles. The number of ether oxygens (including phenoxy) is 3. The van der Waals surface area contributed by atoms with Crippen LogP contribution in [0.4, 0.5) is 4.79 Å². The van der Waals surface area contributed by atoms with Crippen LogP contribution in [0.3, 0.4) is 0 Å². The van der Waals surface area contributed by atoms with Crippen molar-refractivity contribution in [3.8, 4) is 11.8 Å². The lowest BCUT2D eigenvalue weighted by Crippen LogP contribution is -2.55. The first-order valence-electron chi connectivity index (χ1n) is 16.5. The van der Waals surface area contributed by atoms with E-state index in [1.807, 2.05) is 18.2 Å². The van der Waals surface area contributed by atoms with Gasteiger partial charge in [-0.05, 0) is 86.3 Å². The average Bonchev–Trinajstić information content (AvgIpc) is 3.51. The molecule has 14 heteroatoms. The van der Waals surface area contributed by atoms with Crippen molar-refractivity contribution in [3.63, 3.8) is 0 Å². The fourth-order valence-electron chi connectivity index (χ4n) is 5.21. The van der Waals surface area contributed by atoms with Gasteiger partial charge in [0.2, 0.25) is 17.7 Å². The summed E-state index contributed by atoms with van der Waals surface area (Å²) < 4.78 is 16.3. The molecule has 1 aromatic heterocycles. The van der Waals surface area contributed by atoms with Gasteiger partial charge in [0.1, 0.15) is 30.0 Å². The summed E-state index contributed by atoms with van der Waals surface area (Å²) in [5.74, 6) is -1.86. The second kappa shape index (κ2) is 17.5. The number of amides is 4. The van der Waals surface area contributed by atoms with Gasteiger partial charge in [0.05, 0.1) is 24.3 Å². The first-order valence-corrected chi connectivity index (χ1v) is 16.5. The van der Waals surface area contributed by atoms with Crippen molar-refractivity contribution in [1.82, 2.24) is 20.9 Å². The van der Waals surface area contributed by atoms with E-state index < -0.39 is 47.5 Å². The lowest BCUT2D eigenvalue weighted by Gasteiger charge is -2.25. The molecule has 0 aliphatic rings. The van der Waals surface area contributed by atoms with Crippen molar-refractivity contribution in [2.24, 2.45) is 5.73 Å². The number of benzene rings is 3. The summed E-state index contributed by atoms with van der Waals surface area (Å²) in [7, 11) is 1.31. The third-order valence-corrected chi connectivity index (χ3v) is 7.79. The zero-order valence-corrected chi connectivity index (χ0v) is 29.4. The molecule has 3 aromatic carbocycles. The van der Waals surface area contributed by atoms with Gasteiger partial charge < -0.3 is 40.9 Å². The van der Waals surface area contributed by atoms with Gasteiger partial charge in [-0.1, -0.05) is 24.3 Å². The summed E-state index contributed by atoms with van der Waals surface area (Å²) in [6.45, 7) is 5.33. The minimum absolute atomic E-state index is 0.00883. The number of nitrogens with one attached hydrogen (secondary N) is 4. The van der Waals surface area contributed by atoms with Gasteiger partial charge >= 0.3 is 12.1 Å². The van der Waals surface area contributed by atoms with Crippen molar-refractivity contribution in [3.05, 3.63) is 101 Å². The number of fused-ring (bicyclic) bond motifs is 1. The second-order valence-electron chi connectivity index (χ2n) is 13.0. The van der Waals surface area contributed by atoms with E-state index in [1.165, 1.54) is 7.11 Å². The van der Waals surface area contributed by atoms with Gasteiger partial charge in [-0.25, -0.2) is 9.59 Å². The zero-order chi connectivity index (χ0) is 37.8. The van der Waals surface area contributed by atoms with Crippen LogP contribution in [0.25, 0.3) is 10.9 Å². The molecule has 4 amide bonds. The quantitative estimate of drug-likeness (QED) is 0.113. The molecule has 4 aromatic rings. The number of hydrogen-bond donors (Lipinski definition) is 5. The number of nitriles is 1. The third-order valence-electron chi connectivity index (χ3n) is 7.79. The first-order chi connectivity index (χ1) is 24.7. The maximum atomic E-state index is 13.9. The second-order valence-corrected chi connectivity index (χ2v) is 13.0. The van der Waals surface area contributed by atoms with Crippen molar-refractivity contribution in [2.45, 2.75) is 70.9 Å². The van der Waals surface area contributed by atoms with E-state index in [0.717, 1.165) is 16.5 Å². The summed E-state index contributed by atoms with van der Waals surface area (Å²) >= 11 is 0. The minimum atomic E-state index is -1.21. The Balaban J connectivity index is 1.54. The van der Waals surface area contributed by atoms with Crippen LogP contribution in [0.1, 0.15) is 66.2 Å². The van der Waals surface area contributed by atoms with E-state index in [4.69, 9.17) is 25.2 Å². The highest BCUT2D eigenvalue weighted by atomic mass is 16.6. The molecule has 1 heterocycles. The third kappa shape index (κ3) is 11.3. The van der Waals surface area contributed by atoms with Gasteiger partial charge in [0, 0.05) is 36.5 Å². The molecule has 0 spiro atoms. The molecule has 2 atom stereocenters. The number of nitrogens with two attached hydrogens (primary N) is 1. The Labute approximate surface area is 301 Å². The standard InChI is InChI=1S/C38H42N6O8/c1-38(2,3)52-37(49)44-32(35(47)43-31(14-15-33(40)45)34(46)42-20-24-10-8-23(19-39)9-11-24)17-27-21-41-30-13-12-28(18-29(27)30)51-22-25-6-5-7-26(16-25)36(48)50-4/h5-13,16,18,21,31-32,41H,14-15,17,20,22H2,1-4H3,(H2,40,45)(H,42,46)(H,43,47)(H,44,49)/t31-,32+/m0/s1. The van der Waals surface area contributed by atoms with Crippen molar-refractivity contribution >= 4 is 40.7 Å². The minimum Gasteiger partial charge on any atom is -0.489 e. The van der Waals surface area contributed by atoms with E-state index in [9.17, 15) is 24.0 Å². The molecule has 272 valence electrons. The molecule has 0 fully saturated rings. The van der Waals surface area contributed by atoms with Crippen molar-refractivity contribution in [2.75, 3.05) is 7.11 Å². The summed E-state index contributed by atoms with van der Waals surface area (Å²) in [5.41, 5.74) is 8.24. The molecule has 0 aliphatic carbocycles.